The van der Waals surface area contributed by atoms with Crippen molar-refractivity contribution >= 4 is 21.9 Å². The van der Waals surface area contributed by atoms with E-state index >= 15 is 0 Å². The fourth-order valence-corrected chi connectivity index (χ4v) is 2.14. The van der Waals surface area contributed by atoms with Gasteiger partial charge < -0.3 is 10.8 Å². The second-order valence-corrected chi connectivity index (χ2v) is 4.63. The van der Waals surface area contributed by atoms with Crippen LogP contribution in [0.2, 0.25) is 0 Å². The van der Waals surface area contributed by atoms with Crippen LogP contribution in [0.25, 0.3) is 5.69 Å². The standard InChI is InChI=1S/C11H11BrN4O2/c12-8-3-7(4-9(13)11(17)18)1-2-10(8)16-6-14-5-15-16/h1-3,5-6,9H,4,13H2,(H,17,18). The zero-order chi connectivity index (χ0) is 13.1. The number of carboxylic acids is 1. The number of aromatic nitrogens is 3. The third-order valence-corrected chi connectivity index (χ3v) is 3.09. The Labute approximate surface area is 112 Å². The third kappa shape index (κ3) is 2.74. The third-order valence-electron chi connectivity index (χ3n) is 2.45. The van der Waals surface area contributed by atoms with E-state index in [0.29, 0.717) is 0 Å². The number of nitrogens with two attached hydrogens (primary N) is 1. The molecule has 1 atom stereocenters. The second-order valence-electron chi connectivity index (χ2n) is 3.77. The Bertz CT molecular complexity index is 556. The monoisotopic (exact) mass is 310 g/mol. The topological polar surface area (TPSA) is 94.0 Å². The molecule has 1 unspecified atom stereocenters. The summed E-state index contributed by atoms with van der Waals surface area (Å²) in [5, 5.41) is 12.8. The van der Waals surface area contributed by atoms with Gasteiger partial charge in [0.1, 0.15) is 18.7 Å². The van der Waals surface area contributed by atoms with Crippen LogP contribution in [0, 0.1) is 0 Å². The van der Waals surface area contributed by atoms with Crippen LogP contribution in [0.1, 0.15) is 5.56 Å². The summed E-state index contributed by atoms with van der Waals surface area (Å²) in [7, 11) is 0. The van der Waals surface area contributed by atoms with E-state index in [1.165, 1.54) is 6.33 Å². The molecule has 0 aliphatic rings. The van der Waals surface area contributed by atoms with E-state index in [-0.39, 0.29) is 6.42 Å². The second kappa shape index (κ2) is 5.28. The molecule has 94 valence electrons. The first-order valence-corrected chi connectivity index (χ1v) is 5.99. The molecule has 0 radical (unpaired) electrons. The zero-order valence-corrected chi connectivity index (χ0v) is 10.9. The maximum absolute atomic E-state index is 10.7. The van der Waals surface area contributed by atoms with Gasteiger partial charge in [-0.2, -0.15) is 5.10 Å². The number of hydrogen-bond donors (Lipinski definition) is 2. The van der Waals surface area contributed by atoms with Gasteiger partial charge in [-0.15, -0.1) is 0 Å². The van der Waals surface area contributed by atoms with E-state index in [2.05, 4.69) is 26.0 Å². The van der Waals surface area contributed by atoms with E-state index in [9.17, 15) is 4.79 Å². The summed E-state index contributed by atoms with van der Waals surface area (Å²) in [6, 6.07) is 4.60. The molecule has 1 aromatic heterocycles. The van der Waals surface area contributed by atoms with Gasteiger partial charge in [-0.1, -0.05) is 6.07 Å². The van der Waals surface area contributed by atoms with Crippen molar-refractivity contribution in [2.24, 2.45) is 5.73 Å². The first kappa shape index (κ1) is 12.7. The van der Waals surface area contributed by atoms with Crippen molar-refractivity contribution in [3.8, 4) is 5.69 Å². The fourth-order valence-electron chi connectivity index (χ4n) is 1.54. The van der Waals surface area contributed by atoms with Crippen LogP contribution in [0.15, 0.2) is 35.3 Å². The SMILES string of the molecule is NC(Cc1ccc(-n2cncn2)c(Br)c1)C(=O)O. The van der Waals surface area contributed by atoms with Crippen molar-refractivity contribution in [1.29, 1.82) is 0 Å². The number of nitrogens with zero attached hydrogens (tertiary/aromatic N) is 3. The largest absolute Gasteiger partial charge is 0.480 e. The number of halogens is 1. The Kier molecular flexibility index (Phi) is 3.73. The van der Waals surface area contributed by atoms with Crippen molar-refractivity contribution in [2.45, 2.75) is 12.5 Å². The quantitative estimate of drug-likeness (QED) is 0.878. The van der Waals surface area contributed by atoms with Crippen LogP contribution in [-0.2, 0) is 11.2 Å². The van der Waals surface area contributed by atoms with Crippen LogP contribution in [0.3, 0.4) is 0 Å². The number of rotatable bonds is 4. The normalized spacial score (nSPS) is 12.3. The molecular weight excluding hydrogens is 300 g/mol. The molecule has 0 aliphatic carbocycles. The predicted molar refractivity (Wildman–Crippen MR) is 68.4 cm³/mol. The van der Waals surface area contributed by atoms with E-state index in [0.717, 1.165) is 15.7 Å². The fraction of sp³-hybridized carbons (Fsp3) is 0.182. The van der Waals surface area contributed by atoms with Crippen molar-refractivity contribution in [2.75, 3.05) is 0 Å². The molecule has 18 heavy (non-hydrogen) atoms. The summed E-state index contributed by atoms with van der Waals surface area (Å²) in [6.07, 6.45) is 3.31. The van der Waals surface area contributed by atoms with Gasteiger partial charge in [0.15, 0.2) is 0 Å². The molecule has 0 saturated carbocycles. The van der Waals surface area contributed by atoms with Gasteiger partial charge in [0, 0.05) is 4.47 Å². The van der Waals surface area contributed by atoms with Gasteiger partial charge in [-0.3, -0.25) is 4.79 Å². The van der Waals surface area contributed by atoms with E-state index in [1.54, 1.807) is 11.0 Å². The highest BCUT2D eigenvalue weighted by molar-refractivity contribution is 9.10. The smallest absolute Gasteiger partial charge is 0.320 e. The lowest BCUT2D eigenvalue weighted by Crippen LogP contribution is -2.32. The minimum Gasteiger partial charge on any atom is -0.480 e. The molecule has 1 aromatic carbocycles. The minimum absolute atomic E-state index is 0.283. The molecule has 0 aliphatic heterocycles. The number of carbonyl (C=O) groups is 1. The Hall–Kier alpha value is -1.73. The molecule has 7 heteroatoms. The van der Waals surface area contributed by atoms with Crippen LogP contribution in [0.5, 0.6) is 0 Å². The molecule has 3 N–H and O–H groups in total. The maximum Gasteiger partial charge on any atom is 0.320 e. The average Bonchev–Trinajstić information content (AvgIpc) is 2.82. The lowest BCUT2D eigenvalue weighted by molar-refractivity contribution is -0.138. The highest BCUT2D eigenvalue weighted by Gasteiger charge is 2.13. The molecule has 1 heterocycles. The highest BCUT2D eigenvalue weighted by Crippen LogP contribution is 2.22. The zero-order valence-electron chi connectivity index (χ0n) is 9.32. The maximum atomic E-state index is 10.7. The van der Waals surface area contributed by atoms with Crippen molar-refractivity contribution < 1.29 is 9.90 Å². The van der Waals surface area contributed by atoms with Crippen LogP contribution in [-0.4, -0.2) is 31.9 Å². The summed E-state index contributed by atoms with van der Waals surface area (Å²) in [5.41, 5.74) is 7.17. The van der Waals surface area contributed by atoms with Gasteiger partial charge in [0.25, 0.3) is 0 Å². The van der Waals surface area contributed by atoms with Crippen LogP contribution < -0.4 is 5.73 Å². The van der Waals surface area contributed by atoms with Crippen molar-refractivity contribution in [3.05, 3.63) is 40.9 Å². The molecule has 0 spiro atoms. The first-order chi connectivity index (χ1) is 8.58. The van der Waals surface area contributed by atoms with Crippen molar-refractivity contribution in [3.63, 3.8) is 0 Å². The van der Waals surface area contributed by atoms with Gasteiger partial charge in [0.05, 0.1) is 5.69 Å². The molecule has 0 fully saturated rings. The first-order valence-electron chi connectivity index (χ1n) is 5.19. The van der Waals surface area contributed by atoms with Gasteiger partial charge in [0.2, 0.25) is 0 Å². The van der Waals surface area contributed by atoms with Crippen LogP contribution in [0.4, 0.5) is 0 Å². The predicted octanol–water partition coefficient (Wildman–Crippen LogP) is 0.984. The van der Waals surface area contributed by atoms with Gasteiger partial charge >= 0.3 is 5.97 Å². The minimum atomic E-state index is -1.01. The Balaban J connectivity index is 2.23. The summed E-state index contributed by atoms with van der Waals surface area (Å²) < 4.78 is 2.42. The number of carboxylic acid groups (broad SMARTS) is 1. The summed E-state index contributed by atoms with van der Waals surface area (Å²) >= 11 is 3.42. The summed E-state index contributed by atoms with van der Waals surface area (Å²) in [4.78, 5) is 14.6. The molecular formula is C11H11BrN4O2. The summed E-state index contributed by atoms with van der Waals surface area (Å²) in [6.45, 7) is 0. The number of benzene rings is 1. The lowest BCUT2D eigenvalue weighted by Gasteiger charge is -2.09. The Morgan fingerprint density at radius 2 is 2.33 bits per heavy atom. The number of aliphatic carboxylic acids is 1. The van der Waals surface area contributed by atoms with E-state index in [1.807, 2.05) is 18.2 Å². The summed E-state index contributed by atoms with van der Waals surface area (Å²) in [5.74, 6) is -1.01. The molecule has 2 aromatic rings. The molecule has 2 rings (SSSR count). The lowest BCUT2D eigenvalue weighted by atomic mass is 10.1. The molecule has 0 saturated heterocycles. The van der Waals surface area contributed by atoms with Gasteiger partial charge in [-0.05, 0) is 40.0 Å². The average molecular weight is 311 g/mol. The Morgan fingerprint density at radius 3 is 2.89 bits per heavy atom. The van der Waals surface area contributed by atoms with Gasteiger partial charge in [-0.25, -0.2) is 9.67 Å². The van der Waals surface area contributed by atoms with Crippen LogP contribution >= 0.6 is 15.9 Å². The van der Waals surface area contributed by atoms with E-state index < -0.39 is 12.0 Å². The number of hydrogen-bond acceptors (Lipinski definition) is 4. The molecule has 0 amide bonds. The Morgan fingerprint density at radius 1 is 1.56 bits per heavy atom. The van der Waals surface area contributed by atoms with Crippen molar-refractivity contribution in [1.82, 2.24) is 14.8 Å². The highest BCUT2D eigenvalue weighted by atomic mass is 79.9. The molecule has 6 nitrogen and oxygen atoms in total. The molecule has 0 bridgehead atoms. The van der Waals surface area contributed by atoms with E-state index in [4.69, 9.17) is 10.8 Å².